The number of alkyl halides is 1. The molecule has 1 unspecified atom stereocenters. The van der Waals surface area contributed by atoms with E-state index < -0.39 is 41.3 Å². The molecule has 0 bridgehead atoms. The molecular weight excluding hydrogens is 404 g/mol. The second-order valence-electron chi connectivity index (χ2n) is 7.95. The summed E-state index contributed by atoms with van der Waals surface area (Å²) in [7, 11) is 0. The van der Waals surface area contributed by atoms with Gasteiger partial charge in [0.15, 0.2) is 0 Å². The molecule has 164 valence electrons. The Morgan fingerprint density at radius 1 is 1.29 bits per heavy atom. The minimum Gasteiger partial charge on any atom is -0.388 e. The standard InChI is InChI=1S/C19H35ClN2O5S/c1-4-5-6-7-11-8-12(21-9-11)18(26)22-13(10(2)20)17-15(24)14(23)16(25)19(27-17)28-3/h10-17,19,21,23-25H,4-9H2,1-3H3,(H,22,26)/t10-,11?,12+,13+,14-,15+,16+,17+,19+/m0/s1. The third kappa shape index (κ3) is 5.97. The van der Waals surface area contributed by atoms with Crippen LogP contribution in [0.2, 0.25) is 0 Å². The van der Waals surface area contributed by atoms with Crippen LogP contribution in [0.3, 0.4) is 0 Å². The number of nitrogens with one attached hydrogen (secondary N) is 2. The molecule has 9 atom stereocenters. The van der Waals surface area contributed by atoms with E-state index in [9.17, 15) is 20.1 Å². The van der Waals surface area contributed by atoms with Crippen molar-refractivity contribution in [2.24, 2.45) is 5.92 Å². The fourth-order valence-corrected chi connectivity index (χ4v) is 4.89. The summed E-state index contributed by atoms with van der Waals surface area (Å²) in [6, 6.07) is -0.987. The average molecular weight is 439 g/mol. The monoisotopic (exact) mass is 438 g/mol. The lowest BCUT2D eigenvalue weighted by atomic mass is 9.92. The van der Waals surface area contributed by atoms with Crippen LogP contribution in [-0.4, -0.2) is 81.3 Å². The lowest BCUT2D eigenvalue weighted by Crippen LogP contribution is -2.65. The molecule has 0 aliphatic carbocycles. The van der Waals surface area contributed by atoms with Gasteiger partial charge in [-0.2, -0.15) is 0 Å². The number of rotatable bonds is 9. The third-order valence-corrected chi connectivity index (χ3v) is 6.88. The Morgan fingerprint density at radius 2 is 2.00 bits per heavy atom. The van der Waals surface area contributed by atoms with Crippen LogP contribution in [0, 0.1) is 5.92 Å². The Balaban J connectivity index is 1.98. The number of aliphatic hydroxyl groups excluding tert-OH is 3. The van der Waals surface area contributed by atoms with E-state index in [1.165, 1.54) is 31.0 Å². The van der Waals surface area contributed by atoms with E-state index in [1.54, 1.807) is 13.2 Å². The number of carbonyl (C=O) groups is 1. The minimum atomic E-state index is -1.36. The molecular formula is C19H35ClN2O5S. The van der Waals surface area contributed by atoms with Gasteiger partial charge < -0.3 is 30.7 Å². The Morgan fingerprint density at radius 3 is 2.61 bits per heavy atom. The lowest BCUT2D eigenvalue weighted by Gasteiger charge is -2.44. The molecule has 0 spiro atoms. The van der Waals surface area contributed by atoms with Gasteiger partial charge in [-0.3, -0.25) is 4.79 Å². The van der Waals surface area contributed by atoms with Gasteiger partial charge in [-0.1, -0.05) is 26.2 Å². The highest BCUT2D eigenvalue weighted by molar-refractivity contribution is 7.99. The Kier molecular flexibility index (Phi) is 9.80. The summed E-state index contributed by atoms with van der Waals surface area (Å²) in [6.45, 7) is 4.71. The van der Waals surface area contributed by atoms with Crippen molar-refractivity contribution >= 4 is 29.3 Å². The zero-order chi connectivity index (χ0) is 20.8. The molecule has 0 radical (unpaired) electrons. The normalized spacial score (nSPS) is 38.2. The predicted molar refractivity (Wildman–Crippen MR) is 111 cm³/mol. The summed E-state index contributed by atoms with van der Waals surface area (Å²) in [5.74, 6) is 0.316. The molecule has 0 aromatic carbocycles. The summed E-state index contributed by atoms with van der Waals surface area (Å²) in [6.07, 6.45) is 2.39. The first kappa shape index (κ1) is 24.2. The highest BCUT2D eigenvalue weighted by Crippen LogP contribution is 2.30. The zero-order valence-electron chi connectivity index (χ0n) is 16.9. The molecule has 2 fully saturated rings. The van der Waals surface area contributed by atoms with Gasteiger partial charge in [-0.05, 0) is 38.5 Å². The van der Waals surface area contributed by atoms with E-state index in [-0.39, 0.29) is 11.9 Å². The maximum Gasteiger partial charge on any atom is 0.237 e. The number of aliphatic hydroxyl groups is 3. The summed E-state index contributed by atoms with van der Waals surface area (Å²) in [5, 5.41) is 36.3. The number of ether oxygens (including phenoxy) is 1. The highest BCUT2D eigenvalue weighted by Gasteiger charge is 2.48. The molecule has 0 aromatic heterocycles. The van der Waals surface area contributed by atoms with Crippen molar-refractivity contribution in [3.63, 3.8) is 0 Å². The predicted octanol–water partition coefficient (Wildman–Crippen LogP) is 0.828. The van der Waals surface area contributed by atoms with E-state index in [0.717, 1.165) is 19.4 Å². The smallest absolute Gasteiger partial charge is 0.237 e. The molecule has 2 aliphatic rings. The molecule has 28 heavy (non-hydrogen) atoms. The maximum atomic E-state index is 12.8. The molecule has 2 heterocycles. The first-order valence-corrected chi connectivity index (χ1v) is 11.9. The molecule has 5 N–H and O–H groups in total. The number of hydrogen-bond acceptors (Lipinski definition) is 7. The maximum absolute atomic E-state index is 12.8. The summed E-state index contributed by atoms with van der Waals surface area (Å²) >= 11 is 7.54. The topological polar surface area (TPSA) is 111 Å². The van der Waals surface area contributed by atoms with Crippen LogP contribution in [-0.2, 0) is 9.53 Å². The van der Waals surface area contributed by atoms with E-state index >= 15 is 0 Å². The van der Waals surface area contributed by atoms with Crippen LogP contribution in [0.4, 0.5) is 0 Å². The minimum absolute atomic E-state index is 0.174. The van der Waals surface area contributed by atoms with Crippen molar-refractivity contribution < 1.29 is 24.9 Å². The SMILES string of the molecule is CCCCCC1CN[C@@H](C(=O)N[C@@H]([C@H]2O[C@H](SC)[C@H](O)[C@@H](O)[C@H]2O)[C@H](C)Cl)C1. The van der Waals surface area contributed by atoms with Crippen molar-refractivity contribution in [2.45, 2.75) is 93.3 Å². The average Bonchev–Trinajstić information content (AvgIpc) is 3.14. The molecule has 9 heteroatoms. The van der Waals surface area contributed by atoms with Crippen molar-refractivity contribution in [2.75, 3.05) is 12.8 Å². The van der Waals surface area contributed by atoms with Crippen molar-refractivity contribution in [1.29, 1.82) is 0 Å². The van der Waals surface area contributed by atoms with Crippen LogP contribution in [0.25, 0.3) is 0 Å². The Bertz CT molecular complexity index is 499. The molecule has 2 rings (SSSR count). The Hall–Kier alpha value is -0.0900. The first-order chi connectivity index (χ1) is 13.3. The van der Waals surface area contributed by atoms with Gasteiger partial charge in [-0.15, -0.1) is 23.4 Å². The van der Waals surface area contributed by atoms with Gasteiger partial charge in [0.25, 0.3) is 0 Å². The van der Waals surface area contributed by atoms with Crippen molar-refractivity contribution in [3.8, 4) is 0 Å². The lowest BCUT2D eigenvalue weighted by molar-refractivity contribution is -0.205. The molecule has 0 aromatic rings. The van der Waals surface area contributed by atoms with Gasteiger partial charge in [-0.25, -0.2) is 0 Å². The van der Waals surface area contributed by atoms with Crippen LogP contribution in [0.1, 0.15) is 46.0 Å². The fourth-order valence-electron chi connectivity index (χ4n) is 4.00. The number of halogens is 1. The second-order valence-corrected chi connectivity index (χ2v) is 9.57. The molecule has 0 saturated carbocycles. The molecule has 7 nitrogen and oxygen atoms in total. The van der Waals surface area contributed by atoms with Crippen LogP contribution >= 0.6 is 23.4 Å². The van der Waals surface area contributed by atoms with E-state index in [0.29, 0.717) is 5.92 Å². The molecule has 2 aliphatic heterocycles. The zero-order valence-corrected chi connectivity index (χ0v) is 18.5. The van der Waals surface area contributed by atoms with Gasteiger partial charge in [0.2, 0.25) is 5.91 Å². The van der Waals surface area contributed by atoms with Crippen LogP contribution in [0.5, 0.6) is 0 Å². The number of thioether (sulfide) groups is 1. The van der Waals surface area contributed by atoms with Crippen LogP contribution < -0.4 is 10.6 Å². The largest absolute Gasteiger partial charge is 0.388 e. The van der Waals surface area contributed by atoms with Gasteiger partial charge in [0.1, 0.15) is 29.9 Å². The van der Waals surface area contributed by atoms with Crippen molar-refractivity contribution in [3.05, 3.63) is 0 Å². The quantitative estimate of drug-likeness (QED) is 0.268. The van der Waals surface area contributed by atoms with Gasteiger partial charge in [0, 0.05) is 0 Å². The Labute approximate surface area is 176 Å². The van der Waals surface area contributed by atoms with Crippen molar-refractivity contribution in [1.82, 2.24) is 10.6 Å². The van der Waals surface area contributed by atoms with E-state index in [2.05, 4.69) is 17.6 Å². The molecule has 1 amide bonds. The molecule has 2 saturated heterocycles. The van der Waals surface area contributed by atoms with Gasteiger partial charge >= 0.3 is 0 Å². The third-order valence-electron chi connectivity index (χ3n) is 5.75. The van der Waals surface area contributed by atoms with Crippen LogP contribution in [0.15, 0.2) is 0 Å². The highest BCUT2D eigenvalue weighted by atomic mass is 35.5. The fraction of sp³-hybridized carbons (Fsp3) is 0.947. The number of hydrogen-bond donors (Lipinski definition) is 5. The summed E-state index contributed by atoms with van der Waals surface area (Å²) < 4.78 is 5.79. The van der Waals surface area contributed by atoms with E-state index in [4.69, 9.17) is 16.3 Å². The first-order valence-electron chi connectivity index (χ1n) is 10.2. The summed E-state index contributed by atoms with van der Waals surface area (Å²) in [4.78, 5) is 12.8. The van der Waals surface area contributed by atoms with E-state index in [1.807, 2.05) is 0 Å². The number of carbonyl (C=O) groups excluding carboxylic acids is 1. The summed E-state index contributed by atoms with van der Waals surface area (Å²) in [5.41, 5.74) is -0.703. The second kappa shape index (κ2) is 11.3. The van der Waals surface area contributed by atoms with Gasteiger partial charge in [0.05, 0.1) is 17.5 Å². The number of unbranched alkanes of at least 4 members (excludes halogenated alkanes) is 2. The number of amides is 1.